The van der Waals surface area contributed by atoms with E-state index in [9.17, 15) is 4.79 Å². The van der Waals surface area contributed by atoms with Gasteiger partial charge in [-0.05, 0) is 56.9 Å². The first-order valence-electron chi connectivity index (χ1n) is 5.94. The van der Waals surface area contributed by atoms with Crippen molar-refractivity contribution in [3.63, 3.8) is 0 Å². The molecule has 0 spiro atoms. The van der Waals surface area contributed by atoms with Crippen molar-refractivity contribution in [3.05, 3.63) is 35.4 Å². The average Bonchev–Trinajstić information content (AvgIpc) is 2.59. The molecule has 0 aliphatic heterocycles. The average molecular weight is 232 g/mol. The number of aryl methyl sites for hydroxylation is 1. The molecule has 1 aliphatic carbocycles. The Balaban J connectivity index is 2.00. The van der Waals surface area contributed by atoms with Crippen LogP contribution in [0.25, 0.3) is 0 Å². The zero-order valence-electron chi connectivity index (χ0n) is 10.5. The quantitative estimate of drug-likeness (QED) is 0.808. The summed E-state index contributed by atoms with van der Waals surface area (Å²) in [5.74, 6) is 0. The molecule has 0 aromatic heterocycles. The molecule has 0 saturated carbocycles. The van der Waals surface area contributed by atoms with Crippen LogP contribution in [-0.4, -0.2) is 11.7 Å². The van der Waals surface area contributed by atoms with E-state index in [1.54, 1.807) is 0 Å². The van der Waals surface area contributed by atoms with Gasteiger partial charge in [-0.2, -0.15) is 0 Å². The van der Waals surface area contributed by atoms with E-state index in [2.05, 4.69) is 17.4 Å². The predicted molar refractivity (Wildman–Crippen MR) is 65.7 cm³/mol. The Labute approximate surface area is 102 Å². The number of fused-ring (bicyclic) bond motifs is 1. The fourth-order valence-corrected chi connectivity index (χ4v) is 2.08. The van der Waals surface area contributed by atoms with Gasteiger partial charge < -0.3 is 10.1 Å². The molecule has 1 aromatic carbocycles. The van der Waals surface area contributed by atoms with Crippen molar-refractivity contribution in [1.82, 2.24) is 5.32 Å². The molecule has 1 unspecified atom stereocenters. The molecular formula is C14H18NO2. The van der Waals surface area contributed by atoms with Gasteiger partial charge in [-0.25, -0.2) is 4.79 Å². The summed E-state index contributed by atoms with van der Waals surface area (Å²) in [7, 11) is 0. The molecule has 2 rings (SSSR count). The number of ether oxygens (including phenoxy) is 1. The van der Waals surface area contributed by atoms with Crippen molar-refractivity contribution in [1.29, 1.82) is 0 Å². The number of amides is 1. The van der Waals surface area contributed by atoms with Gasteiger partial charge in [0.25, 0.3) is 0 Å². The molecule has 0 saturated heterocycles. The summed E-state index contributed by atoms with van der Waals surface area (Å²) < 4.78 is 5.25. The third kappa shape index (κ3) is 2.99. The lowest BCUT2D eigenvalue weighted by Gasteiger charge is -2.22. The number of nitrogens with one attached hydrogen (secondary N) is 1. The van der Waals surface area contributed by atoms with Crippen LogP contribution in [0.1, 0.15) is 44.4 Å². The van der Waals surface area contributed by atoms with Gasteiger partial charge in [0.1, 0.15) is 5.60 Å². The standard InChI is InChI=1S/C14H18NO2/c1-14(2,3)17-13(16)15-12-9-8-10-6-4-5-7-11(10)12/h4,6-7,12H,8-9H2,1-3H3,(H,15,16). The molecule has 1 N–H and O–H groups in total. The molecule has 0 bridgehead atoms. The van der Waals surface area contributed by atoms with Crippen LogP contribution in [0.5, 0.6) is 0 Å². The van der Waals surface area contributed by atoms with E-state index in [1.807, 2.05) is 32.9 Å². The van der Waals surface area contributed by atoms with Crippen molar-refractivity contribution >= 4 is 6.09 Å². The number of carbonyl (C=O) groups is 1. The first-order valence-corrected chi connectivity index (χ1v) is 5.94. The van der Waals surface area contributed by atoms with Crippen LogP contribution in [0, 0.1) is 6.07 Å². The molecule has 3 heteroatoms. The maximum Gasteiger partial charge on any atom is 0.408 e. The highest BCUT2D eigenvalue weighted by atomic mass is 16.6. The van der Waals surface area contributed by atoms with Crippen LogP contribution < -0.4 is 5.32 Å². The smallest absolute Gasteiger partial charge is 0.408 e. The van der Waals surface area contributed by atoms with Crippen LogP contribution >= 0.6 is 0 Å². The van der Waals surface area contributed by atoms with Gasteiger partial charge in [-0.3, -0.25) is 0 Å². The van der Waals surface area contributed by atoms with E-state index >= 15 is 0 Å². The summed E-state index contributed by atoms with van der Waals surface area (Å²) >= 11 is 0. The summed E-state index contributed by atoms with van der Waals surface area (Å²) in [6.45, 7) is 5.59. The molecule has 0 fully saturated rings. The van der Waals surface area contributed by atoms with Gasteiger partial charge in [0, 0.05) is 0 Å². The Morgan fingerprint density at radius 2 is 2.29 bits per heavy atom. The third-order valence-electron chi connectivity index (χ3n) is 2.76. The lowest BCUT2D eigenvalue weighted by Crippen LogP contribution is -2.34. The van der Waals surface area contributed by atoms with Crippen molar-refractivity contribution in [2.45, 2.75) is 45.3 Å². The second kappa shape index (κ2) is 4.40. The Morgan fingerprint density at radius 1 is 1.53 bits per heavy atom. The number of hydrogen-bond acceptors (Lipinski definition) is 2. The monoisotopic (exact) mass is 232 g/mol. The van der Waals surface area contributed by atoms with Crippen molar-refractivity contribution < 1.29 is 9.53 Å². The molecule has 17 heavy (non-hydrogen) atoms. The minimum absolute atomic E-state index is 0.0669. The molecule has 1 amide bonds. The molecule has 91 valence electrons. The minimum atomic E-state index is -0.450. The fourth-order valence-electron chi connectivity index (χ4n) is 2.08. The highest BCUT2D eigenvalue weighted by Gasteiger charge is 2.25. The number of hydrogen-bond donors (Lipinski definition) is 1. The Bertz CT molecular complexity index is 420. The van der Waals surface area contributed by atoms with E-state index < -0.39 is 5.60 Å². The molecule has 0 heterocycles. The van der Waals surface area contributed by atoms with Crippen LogP contribution in [0.15, 0.2) is 18.2 Å². The van der Waals surface area contributed by atoms with E-state index in [-0.39, 0.29) is 12.1 Å². The molecule has 1 radical (unpaired) electrons. The van der Waals surface area contributed by atoms with Gasteiger partial charge in [0.05, 0.1) is 6.04 Å². The van der Waals surface area contributed by atoms with Crippen molar-refractivity contribution in [2.75, 3.05) is 0 Å². The SMILES string of the molecule is CC(C)(C)OC(=O)NC1CCc2cc[c]cc21. The summed E-state index contributed by atoms with van der Waals surface area (Å²) in [5, 5.41) is 2.91. The topological polar surface area (TPSA) is 38.3 Å². The van der Waals surface area contributed by atoms with E-state index in [1.165, 1.54) is 11.1 Å². The summed E-state index contributed by atoms with van der Waals surface area (Å²) in [5.41, 5.74) is 2.01. The van der Waals surface area contributed by atoms with Gasteiger partial charge in [0.15, 0.2) is 0 Å². The van der Waals surface area contributed by atoms with Gasteiger partial charge in [0.2, 0.25) is 0 Å². The summed E-state index contributed by atoms with van der Waals surface area (Å²) in [4.78, 5) is 11.7. The number of carbonyl (C=O) groups excluding carboxylic acids is 1. The van der Waals surface area contributed by atoms with Crippen LogP contribution in [0.4, 0.5) is 4.79 Å². The predicted octanol–water partition coefficient (Wildman–Crippen LogP) is 3.00. The number of alkyl carbamates (subject to hydrolysis) is 1. The van der Waals surface area contributed by atoms with Gasteiger partial charge in [-0.15, -0.1) is 0 Å². The van der Waals surface area contributed by atoms with Gasteiger partial charge in [-0.1, -0.05) is 12.1 Å². The maximum atomic E-state index is 11.7. The largest absolute Gasteiger partial charge is 0.444 e. The molecule has 1 aliphatic rings. The maximum absolute atomic E-state index is 11.7. The fraction of sp³-hybridized carbons (Fsp3) is 0.500. The highest BCUT2D eigenvalue weighted by Crippen LogP contribution is 2.30. The van der Waals surface area contributed by atoms with Gasteiger partial charge >= 0.3 is 6.09 Å². The third-order valence-corrected chi connectivity index (χ3v) is 2.76. The highest BCUT2D eigenvalue weighted by molar-refractivity contribution is 5.68. The van der Waals surface area contributed by atoms with Crippen LogP contribution in [0.2, 0.25) is 0 Å². The molecular weight excluding hydrogens is 214 g/mol. The second-order valence-electron chi connectivity index (χ2n) is 5.36. The number of rotatable bonds is 1. The van der Waals surface area contributed by atoms with Crippen LogP contribution in [0.3, 0.4) is 0 Å². The zero-order valence-corrected chi connectivity index (χ0v) is 10.5. The lowest BCUT2D eigenvalue weighted by molar-refractivity contribution is 0.0504. The van der Waals surface area contributed by atoms with Crippen LogP contribution in [-0.2, 0) is 11.2 Å². The molecule has 1 atom stereocenters. The molecule has 3 nitrogen and oxygen atoms in total. The van der Waals surface area contributed by atoms with Crippen molar-refractivity contribution in [3.8, 4) is 0 Å². The minimum Gasteiger partial charge on any atom is -0.444 e. The first kappa shape index (κ1) is 12.0. The van der Waals surface area contributed by atoms with E-state index in [4.69, 9.17) is 4.74 Å². The Hall–Kier alpha value is -1.51. The first-order chi connectivity index (χ1) is 7.96. The zero-order chi connectivity index (χ0) is 12.5. The van der Waals surface area contributed by atoms with Crippen molar-refractivity contribution in [2.24, 2.45) is 0 Å². The Morgan fingerprint density at radius 3 is 3.00 bits per heavy atom. The summed E-state index contributed by atoms with van der Waals surface area (Å²) in [6.07, 6.45) is 1.59. The Kier molecular flexibility index (Phi) is 3.09. The molecule has 1 aromatic rings. The van der Waals surface area contributed by atoms with E-state index in [0.717, 1.165) is 12.8 Å². The normalized spacial score (nSPS) is 18.6. The second-order valence-corrected chi connectivity index (χ2v) is 5.36. The summed E-state index contributed by atoms with van der Waals surface area (Å²) in [6, 6.07) is 9.04. The van der Waals surface area contributed by atoms with E-state index in [0.29, 0.717) is 0 Å². The lowest BCUT2D eigenvalue weighted by atomic mass is 10.1. The number of benzene rings is 1.